The van der Waals surface area contributed by atoms with Crippen molar-refractivity contribution >= 4 is 11.4 Å². The first-order valence-corrected chi connectivity index (χ1v) is 6.51. The maximum absolute atomic E-state index is 9.00. The van der Waals surface area contributed by atoms with Crippen molar-refractivity contribution in [2.24, 2.45) is 0 Å². The fourth-order valence-electron chi connectivity index (χ4n) is 2.38. The quantitative estimate of drug-likeness (QED) is 0.822. The van der Waals surface area contributed by atoms with E-state index in [9.17, 15) is 0 Å². The van der Waals surface area contributed by atoms with Crippen LogP contribution in [0, 0.1) is 11.3 Å². The highest BCUT2D eigenvalue weighted by atomic mass is 15.3. The summed E-state index contributed by atoms with van der Waals surface area (Å²) in [4.78, 5) is 4.81. The van der Waals surface area contributed by atoms with Crippen LogP contribution in [0.5, 0.6) is 0 Å². The fraction of sp³-hybridized carbons (Fsp3) is 0.500. The van der Waals surface area contributed by atoms with Crippen molar-refractivity contribution in [3.63, 3.8) is 0 Å². The first-order chi connectivity index (χ1) is 8.74. The van der Waals surface area contributed by atoms with Crippen LogP contribution in [0.1, 0.15) is 18.9 Å². The summed E-state index contributed by atoms with van der Waals surface area (Å²) in [6.07, 6.45) is 1.21. The molecule has 1 aliphatic heterocycles. The van der Waals surface area contributed by atoms with Crippen molar-refractivity contribution < 1.29 is 0 Å². The molecular formula is C14H20N4. The van der Waals surface area contributed by atoms with Crippen molar-refractivity contribution in [1.82, 2.24) is 4.90 Å². The summed E-state index contributed by atoms with van der Waals surface area (Å²) in [5, 5.41) is 9.00. The van der Waals surface area contributed by atoms with Gasteiger partial charge in [0.15, 0.2) is 0 Å². The van der Waals surface area contributed by atoms with E-state index in [1.165, 1.54) is 13.0 Å². The Hall–Kier alpha value is -1.73. The lowest BCUT2D eigenvalue weighted by atomic mass is 10.1. The molecular weight excluding hydrogens is 224 g/mol. The summed E-state index contributed by atoms with van der Waals surface area (Å²) in [7, 11) is 0. The zero-order valence-electron chi connectivity index (χ0n) is 10.9. The Morgan fingerprint density at radius 1 is 1.28 bits per heavy atom. The second-order valence-electron chi connectivity index (χ2n) is 4.71. The summed E-state index contributed by atoms with van der Waals surface area (Å²) < 4.78 is 0. The van der Waals surface area contributed by atoms with Crippen molar-refractivity contribution in [2.45, 2.75) is 13.3 Å². The molecule has 0 bridgehead atoms. The predicted molar refractivity (Wildman–Crippen MR) is 74.5 cm³/mol. The van der Waals surface area contributed by atoms with Gasteiger partial charge in [-0.3, -0.25) is 4.90 Å². The lowest BCUT2D eigenvalue weighted by molar-refractivity contribution is 0.258. The van der Waals surface area contributed by atoms with Crippen molar-refractivity contribution in [3.8, 4) is 6.07 Å². The minimum absolute atomic E-state index is 0.561. The van der Waals surface area contributed by atoms with Gasteiger partial charge in [0.05, 0.1) is 5.56 Å². The molecule has 1 fully saturated rings. The van der Waals surface area contributed by atoms with E-state index < -0.39 is 0 Å². The highest BCUT2D eigenvalue weighted by molar-refractivity contribution is 5.62. The molecule has 4 nitrogen and oxygen atoms in total. The molecule has 96 valence electrons. The molecule has 2 N–H and O–H groups in total. The molecule has 0 spiro atoms. The second-order valence-corrected chi connectivity index (χ2v) is 4.71. The van der Waals surface area contributed by atoms with E-state index >= 15 is 0 Å². The summed E-state index contributed by atoms with van der Waals surface area (Å²) >= 11 is 0. The molecule has 1 aromatic carbocycles. The molecule has 0 radical (unpaired) electrons. The second kappa shape index (κ2) is 5.74. The first kappa shape index (κ1) is 12.7. The molecule has 0 unspecified atom stereocenters. The Labute approximate surface area is 109 Å². The lowest BCUT2D eigenvalue weighted by Crippen LogP contribution is -2.46. The largest absolute Gasteiger partial charge is 0.398 e. The number of nitrogens with zero attached hydrogens (tertiary/aromatic N) is 3. The van der Waals surface area contributed by atoms with Crippen LogP contribution >= 0.6 is 0 Å². The van der Waals surface area contributed by atoms with E-state index in [4.69, 9.17) is 11.0 Å². The van der Waals surface area contributed by atoms with Gasteiger partial charge in [0.25, 0.3) is 0 Å². The van der Waals surface area contributed by atoms with E-state index in [1.54, 1.807) is 0 Å². The number of nitrogen functional groups attached to an aromatic ring is 1. The summed E-state index contributed by atoms with van der Waals surface area (Å²) in [6, 6.07) is 7.87. The molecule has 4 heteroatoms. The molecule has 0 atom stereocenters. The number of nitrogens with two attached hydrogens (primary N) is 1. The Morgan fingerprint density at radius 2 is 2.00 bits per heavy atom. The van der Waals surface area contributed by atoms with Crippen LogP contribution in [0.2, 0.25) is 0 Å². The summed E-state index contributed by atoms with van der Waals surface area (Å²) in [5.74, 6) is 0. The average molecular weight is 244 g/mol. The molecule has 1 aliphatic rings. The van der Waals surface area contributed by atoms with Gasteiger partial charge in [-0.05, 0) is 31.2 Å². The van der Waals surface area contributed by atoms with E-state index in [0.29, 0.717) is 11.3 Å². The SMILES string of the molecule is CCCN1CCN(c2ccc(N)c(C#N)c2)CC1. The smallest absolute Gasteiger partial charge is 0.101 e. The van der Waals surface area contributed by atoms with Crippen molar-refractivity contribution in [3.05, 3.63) is 23.8 Å². The van der Waals surface area contributed by atoms with Gasteiger partial charge >= 0.3 is 0 Å². The Balaban J connectivity index is 2.04. The van der Waals surface area contributed by atoms with Crippen molar-refractivity contribution in [1.29, 1.82) is 5.26 Å². The maximum atomic E-state index is 9.00. The molecule has 0 saturated carbocycles. The molecule has 18 heavy (non-hydrogen) atoms. The zero-order valence-corrected chi connectivity index (χ0v) is 10.9. The number of nitriles is 1. The highest BCUT2D eigenvalue weighted by Crippen LogP contribution is 2.21. The van der Waals surface area contributed by atoms with Crippen LogP contribution in [-0.4, -0.2) is 37.6 Å². The van der Waals surface area contributed by atoms with Crippen LogP contribution in [-0.2, 0) is 0 Å². The Kier molecular flexibility index (Phi) is 4.06. The Bertz CT molecular complexity index is 442. The van der Waals surface area contributed by atoms with Gasteiger partial charge in [0, 0.05) is 37.6 Å². The van der Waals surface area contributed by atoms with Crippen molar-refractivity contribution in [2.75, 3.05) is 43.4 Å². The van der Waals surface area contributed by atoms with Gasteiger partial charge in [-0.15, -0.1) is 0 Å². The maximum Gasteiger partial charge on any atom is 0.101 e. The van der Waals surface area contributed by atoms with E-state index in [1.807, 2.05) is 18.2 Å². The van der Waals surface area contributed by atoms with E-state index in [-0.39, 0.29) is 0 Å². The van der Waals surface area contributed by atoms with Gasteiger partial charge < -0.3 is 10.6 Å². The van der Waals surface area contributed by atoms with Gasteiger partial charge in [0.2, 0.25) is 0 Å². The number of hydrogen-bond acceptors (Lipinski definition) is 4. The van der Waals surface area contributed by atoms with Crippen LogP contribution in [0.15, 0.2) is 18.2 Å². The zero-order chi connectivity index (χ0) is 13.0. The Morgan fingerprint density at radius 3 is 2.61 bits per heavy atom. The third kappa shape index (κ3) is 2.74. The van der Waals surface area contributed by atoms with Gasteiger partial charge in [-0.2, -0.15) is 5.26 Å². The standard InChI is InChI=1S/C14H20N4/c1-2-5-17-6-8-18(9-7-17)13-3-4-14(16)12(10-13)11-15/h3-4,10H,2,5-9,16H2,1H3. The van der Waals surface area contributed by atoms with Gasteiger partial charge in [-0.1, -0.05) is 6.92 Å². The number of piperazine rings is 1. The number of hydrogen-bond donors (Lipinski definition) is 1. The summed E-state index contributed by atoms with van der Waals surface area (Å²) in [6.45, 7) is 7.63. The minimum Gasteiger partial charge on any atom is -0.398 e. The molecule has 0 aliphatic carbocycles. The molecule has 1 saturated heterocycles. The average Bonchev–Trinajstić information content (AvgIpc) is 2.41. The monoisotopic (exact) mass is 244 g/mol. The molecule has 1 heterocycles. The molecule has 0 aromatic heterocycles. The summed E-state index contributed by atoms with van der Waals surface area (Å²) in [5.41, 5.74) is 7.98. The predicted octanol–water partition coefficient (Wildman–Crippen LogP) is 1.67. The first-order valence-electron chi connectivity index (χ1n) is 6.51. The van der Waals surface area contributed by atoms with Crippen LogP contribution < -0.4 is 10.6 Å². The third-order valence-electron chi connectivity index (χ3n) is 3.43. The van der Waals surface area contributed by atoms with E-state index in [0.717, 1.165) is 31.9 Å². The molecule has 2 rings (SSSR count). The highest BCUT2D eigenvalue weighted by Gasteiger charge is 2.16. The number of benzene rings is 1. The third-order valence-corrected chi connectivity index (χ3v) is 3.43. The van der Waals surface area contributed by atoms with Gasteiger partial charge in [-0.25, -0.2) is 0 Å². The molecule has 0 amide bonds. The fourth-order valence-corrected chi connectivity index (χ4v) is 2.38. The van der Waals surface area contributed by atoms with Gasteiger partial charge in [0.1, 0.15) is 6.07 Å². The minimum atomic E-state index is 0.561. The van der Waals surface area contributed by atoms with Crippen LogP contribution in [0.4, 0.5) is 11.4 Å². The van der Waals surface area contributed by atoms with Crippen LogP contribution in [0.3, 0.4) is 0 Å². The topological polar surface area (TPSA) is 56.3 Å². The normalized spacial score (nSPS) is 16.6. The van der Waals surface area contributed by atoms with E-state index in [2.05, 4.69) is 22.8 Å². The lowest BCUT2D eigenvalue weighted by Gasteiger charge is -2.36. The molecule has 1 aromatic rings. The number of rotatable bonds is 3. The van der Waals surface area contributed by atoms with Crippen LogP contribution in [0.25, 0.3) is 0 Å². The number of anilines is 2.